The summed E-state index contributed by atoms with van der Waals surface area (Å²) in [6.07, 6.45) is 1.81. The molecule has 1 atom stereocenters. The number of halogens is 1. The van der Waals surface area contributed by atoms with Gasteiger partial charge in [-0.2, -0.15) is 0 Å². The largest absolute Gasteiger partial charge is 0.480 e. The maximum absolute atomic E-state index is 10.9. The highest BCUT2D eigenvalue weighted by molar-refractivity contribution is 8.00. The van der Waals surface area contributed by atoms with Crippen molar-refractivity contribution in [3.63, 3.8) is 0 Å². The van der Waals surface area contributed by atoms with Crippen LogP contribution in [0.5, 0.6) is 0 Å². The molecule has 0 bridgehead atoms. The number of alkyl halides is 1. The van der Waals surface area contributed by atoms with Gasteiger partial charge in [-0.15, -0.1) is 11.6 Å². The molecule has 2 aromatic rings. The number of carboxylic acid groups (broad SMARTS) is 1. The number of benzene rings is 2. The van der Waals surface area contributed by atoms with Crippen LogP contribution in [0.15, 0.2) is 53.4 Å². The Balaban J connectivity index is 0.00000127. The first-order valence-corrected chi connectivity index (χ1v) is 8.57. The molecular formula is C17H21ClN2O2S. The summed E-state index contributed by atoms with van der Waals surface area (Å²) >= 11 is 6.13. The number of nitrogens with one attached hydrogen (secondary N) is 1. The number of para-hydroxylation sites is 1. The molecule has 0 amide bonds. The third-order valence-electron chi connectivity index (χ3n) is 3.14. The SMILES string of the molecule is CCl.Cc1ccc(SNc2ccccc2)cc1CC(N)C(=O)O. The van der Waals surface area contributed by atoms with Crippen LogP contribution in [0.4, 0.5) is 5.69 Å². The van der Waals surface area contributed by atoms with Gasteiger partial charge >= 0.3 is 5.97 Å². The van der Waals surface area contributed by atoms with Crippen LogP contribution in [0, 0.1) is 6.92 Å². The van der Waals surface area contributed by atoms with Gasteiger partial charge in [0.05, 0.1) is 0 Å². The average molecular weight is 353 g/mol. The van der Waals surface area contributed by atoms with E-state index in [9.17, 15) is 4.79 Å². The summed E-state index contributed by atoms with van der Waals surface area (Å²) in [4.78, 5) is 11.9. The van der Waals surface area contributed by atoms with Crippen LogP contribution < -0.4 is 10.5 Å². The molecule has 0 spiro atoms. The molecule has 0 aliphatic heterocycles. The van der Waals surface area contributed by atoms with Crippen molar-refractivity contribution in [3.8, 4) is 0 Å². The predicted octanol–water partition coefficient (Wildman–Crippen LogP) is 3.92. The number of carboxylic acids is 1. The molecule has 0 fully saturated rings. The van der Waals surface area contributed by atoms with Crippen LogP contribution in [0.1, 0.15) is 11.1 Å². The number of anilines is 1. The first-order chi connectivity index (χ1) is 11.1. The third-order valence-corrected chi connectivity index (χ3v) is 3.97. The van der Waals surface area contributed by atoms with Crippen molar-refractivity contribution in [2.45, 2.75) is 24.3 Å². The van der Waals surface area contributed by atoms with Crippen molar-refractivity contribution in [1.29, 1.82) is 0 Å². The van der Waals surface area contributed by atoms with E-state index in [4.69, 9.17) is 10.8 Å². The number of nitrogens with two attached hydrogens (primary N) is 1. The zero-order valence-electron chi connectivity index (χ0n) is 13.1. The molecule has 2 aromatic carbocycles. The lowest BCUT2D eigenvalue weighted by molar-refractivity contribution is -0.138. The van der Waals surface area contributed by atoms with Crippen molar-refractivity contribution in [1.82, 2.24) is 0 Å². The zero-order valence-corrected chi connectivity index (χ0v) is 14.7. The zero-order chi connectivity index (χ0) is 17.2. The predicted molar refractivity (Wildman–Crippen MR) is 98.2 cm³/mol. The summed E-state index contributed by atoms with van der Waals surface area (Å²) in [5, 5.41) is 8.91. The molecule has 23 heavy (non-hydrogen) atoms. The fraction of sp³-hybridized carbons (Fsp3) is 0.235. The molecule has 4 N–H and O–H groups in total. The third kappa shape index (κ3) is 6.52. The van der Waals surface area contributed by atoms with Gasteiger partial charge in [-0.1, -0.05) is 24.3 Å². The Morgan fingerprint density at radius 2 is 1.91 bits per heavy atom. The molecule has 0 radical (unpaired) electrons. The highest BCUT2D eigenvalue weighted by Crippen LogP contribution is 2.24. The summed E-state index contributed by atoms with van der Waals surface area (Å²) in [6.45, 7) is 1.96. The highest BCUT2D eigenvalue weighted by Gasteiger charge is 2.13. The fourth-order valence-electron chi connectivity index (χ4n) is 1.88. The minimum atomic E-state index is -0.977. The van der Waals surface area contributed by atoms with Crippen LogP contribution in [0.2, 0.25) is 0 Å². The molecule has 1 unspecified atom stereocenters. The number of hydrogen-bond acceptors (Lipinski definition) is 4. The number of carbonyl (C=O) groups is 1. The van der Waals surface area contributed by atoms with Crippen LogP contribution in [0.25, 0.3) is 0 Å². The van der Waals surface area contributed by atoms with E-state index in [0.29, 0.717) is 6.42 Å². The monoisotopic (exact) mass is 352 g/mol. The molecular weight excluding hydrogens is 332 g/mol. The van der Waals surface area contributed by atoms with Crippen molar-refractivity contribution < 1.29 is 9.90 Å². The van der Waals surface area contributed by atoms with Gasteiger partial charge in [-0.25, -0.2) is 0 Å². The summed E-state index contributed by atoms with van der Waals surface area (Å²) in [6, 6.07) is 15.0. The van der Waals surface area contributed by atoms with Crippen molar-refractivity contribution in [3.05, 3.63) is 59.7 Å². The summed E-state index contributed by atoms with van der Waals surface area (Å²) in [7, 11) is 0. The van der Waals surface area contributed by atoms with E-state index in [1.54, 1.807) is 0 Å². The highest BCUT2D eigenvalue weighted by atomic mass is 35.5. The summed E-state index contributed by atoms with van der Waals surface area (Å²) in [5.41, 5.74) is 8.65. The second-order valence-electron chi connectivity index (χ2n) is 4.81. The Kier molecular flexibility index (Phi) is 8.55. The van der Waals surface area contributed by atoms with Crippen molar-refractivity contribution in [2.75, 3.05) is 11.1 Å². The van der Waals surface area contributed by atoms with E-state index in [0.717, 1.165) is 21.7 Å². The summed E-state index contributed by atoms with van der Waals surface area (Å²) in [5.74, 6) is -0.977. The van der Waals surface area contributed by atoms with E-state index >= 15 is 0 Å². The molecule has 6 heteroatoms. The van der Waals surface area contributed by atoms with Gasteiger partial charge in [0, 0.05) is 17.0 Å². The number of hydrogen-bond donors (Lipinski definition) is 3. The Morgan fingerprint density at radius 1 is 1.26 bits per heavy atom. The molecule has 0 heterocycles. The molecule has 0 aliphatic carbocycles. The second kappa shape index (κ2) is 10.2. The van der Waals surface area contributed by atoms with Gasteiger partial charge in [0.2, 0.25) is 0 Å². The standard InChI is InChI=1S/C16H18N2O2S.CH3Cl/c1-11-7-8-14(9-12(11)10-15(17)16(19)20)21-18-13-5-3-2-4-6-13;1-2/h2-9,15,18H,10,17H2,1H3,(H,19,20);1H3. The molecule has 124 valence electrons. The first-order valence-electron chi connectivity index (χ1n) is 7.00. The van der Waals surface area contributed by atoms with Gasteiger partial charge < -0.3 is 15.6 Å². The smallest absolute Gasteiger partial charge is 0.320 e. The Labute approximate surface area is 146 Å². The van der Waals surface area contributed by atoms with Gasteiger partial charge in [0.25, 0.3) is 0 Å². The van der Waals surface area contributed by atoms with E-state index in [-0.39, 0.29) is 0 Å². The van der Waals surface area contributed by atoms with Crippen molar-refractivity contribution >= 4 is 35.2 Å². The maximum Gasteiger partial charge on any atom is 0.320 e. The molecule has 2 rings (SSSR count). The second-order valence-corrected chi connectivity index (χ2v) is 5.69. The van der Waals surface area contributed by atoms with Gasteiger partial charge in [0.15, 0.2) is 0 Å². The number of aliphatic carboxylic acids is 1. The molecule has 0 aromatic heterocycles. The van der Waals surface area contributed by atoms with Crippen LogP contribution in [-0.4, -0.2) is 23.5 Å². The minimum Gasteiger partial charge on any atom is -0.480 e. The van der Waals surface area contributed by atoms with E-state index in [1.165, 1.54) is 18.3 Å². The van der Waals surface area contributed by atoms with Crippen LogP contribution >= 0.6 is 23.5 Å². The van der Waals surface area contributed by atoms with E-state index in [2.05, 4.69) is 16.3 Å². The lowest BCUT2D eigenvalue weighted by atomic mass is 10.0. The summed E-state index contributed by atoms with van der Waals surface area (Å²) < 4.78 is 3.25. The van der Waals surface area contributed by atoms with Crippen molar-refractivity contribution in [2.24, 2.45) is 5.73 Å². The number of aryl methyl sites for hydroxylation is 1. The first kappa shape index (κ1) is 19.4. The topological polar surface area (TPSA) is 75.3 Å². The molecule has 0 aliphatic rings. The van der Waals surface area contributed by atoms with Gasteiger partial charge in [-0.3, -0.25) is 4.79 Å². The average Bonchev–Trinajstić information content (AvgIpc) is 2.58. The normalized spacial score (nSPS) is 11.1. The lowest BCUT2D eigenvalue weighted by Gasteiger charge is -2.12. The van der Waals surface area contributed by atoms with Crippen LogP contribution in [0.3, 0.4) is 0 Å². The Morgan fingerprint density at radius 3 is 2.52 bits per heavy atom. The Hall–Kier alpha value is -1.69. The minimum absolute atomic E-state index is 0.334. The van der Waals surface area contributed by atoms with E-state index in [1.807, 2.05) is 55.5 Å². The number of rotatable bonds is 6. The Bertz CT molecular complexity index is 623. The molecule has 4 nitrogen and oxygen atoms in total. The van der Waals surface area contributed by atoms with E-state index < -0.39 is 12.0 Å². The fourth-order valence-corrected chi connectivity index (χ4v) is 2.59. The van der Waals surface area contributed by atoms with Gasteiger partial charge in [-0.05, 0) is 60.7 Å². The molecule has 0 saturated carbocycles. The maximum atomic E-state index is 10.9. The van der Waals surface area contributed by atoms with Crippen LogP contribution in [-0.2, 0) is 11.2 Å². The van der Waals surface area contributed by atoms with Gasteiger partial charge in [0.1, 0.15) is 6.04 Å². The lowest BCUT2D eigenvalue weighted by Crippen LogP contribution is -2.32. The molecule has 0 saturated heterocycles. The quantitative estimate of drug-likeness (QED) is 0.542.